The van der Waals surface area contributed by atoms with Crippen molar-refractivity contribution in [2.75, 3.05) is 0 Å². The van der Waals surface area contributed by atoms with E-state index in [1.54, 1.807) is 11.4 Å². The lowest BCUT2D eigenvalue weighted by Gasteiger charge is -1.94. The summed E-state index contributed by atoms with van der Waals surface area (Å²) in [6.45, 7) is 0. The van der Waals surface area contributed by atoms with Crippen LogP contribution in [0.4, 0.5) is 4.39 Å². The van der Waals surface area contributed by atoms with Gasteiger partial charge in [0.05, 0.1) is 4.70 Å². The van der Waals surface area contributed by atoms with Crippen molar-refractivity contribution in [1.29, 1.82) is 0 Å². The van der Waals surface area contributed by atoms with Gasteiger partial charge in [-0.15, -0.1) is 11.3 Å². The highest BCUT2D eigenvalue weighted by atomic mass is 32.1. The average Bonchev–Trinajstić information content (AvgIpc) is 2.45. The van der Waals surface area contributed by atoms with Gasteiger partial charge in [-0.25, -0.2) is 4.39 Å². The summed E-state index contributed by atoms with van der Waals surface area (Å²) in [7, 11) is 0. The van der Waals surface area contributed by atoms with E-state index in [9.17, 15) is 4.39 Å². The van der Waals surface area contributed by atoms with Crippen LogP contribution in [0.3, 0.4) is 0 Å². The van der Waals surface area contributed by atoms with Gasteiger partial charge >= 0.3 is 0 Å². The molecule has 2 rings (SSSR count). The normalized spacial score (nSPS) is 10.6. The van der Waals surface area contributed by atoms with E-state index in [4.69, 9.17) is 5.11 Å². The number of aromatic hydroxyl groups is 1. The topological polar surface area (TPSA) is 20.2 Å². The van der Waals surface area contributed by atoms with Crippen molar-refractivity contribution < 1.29 is 9.50 Å². The minimum absolute atomic E-state index is 0.278. The summed E-state index contributed by atoms with van der Waals surface area (Å²) in [6.07, 6.45) is 0. The van der Waals surface area contributed by atoms with Crippen LogP contribution < -0.4 is 0 Å². The molecule has 11 heavy (non-hydrogen) atoms. The van der Waals surface area contributed by atoms with Crippen molar-refractivity contribution in [2.45, 2.75) is 0 Å². The number of fused-ring (bicyclic) bond motifs is 1. The summed E-state index contributed by atoms with van der Waals surface area (Å²) in [4.78, 5) is 0. The van der Waals surface area contributed by atoms with Crippen LogP contribution in [0.1, 0.15) is 0 Å². The van der Waals surface area contributed by atoms with Gasteiger partial charge in [-0.3, -0.25) is 0 Å². The summed E-state index contributed by atoms with van der Waals surface area (Å²) in [5, 5.41) is 11.6. The standard InChI is InChI=1S/C8H5FOS/c9-7-6(10)2-1-5-3-4-11-8(5)7/h1-4,10H. The van der Waals surface area contributed by atoms with Gasteiger partial charge in [0.1, 0.15) is 0 Å². The van der Waals surface area contributed by atoms with Crippen LogP contribution in [-0.4, -0.2) is 5.11 Å². The summed E-state index contributed by atoms with van der Waals surface area (Å²) in [5.74, 6) is -0.794. The van der Waals surface area contributed by atoms with Crippen molar-refractivity contribution in [1.82, 2.24) is 0 Å². The Labute approximate surface area is 66.7 Å². The second-order valence-electron chi connectivity index (χ2n) is 2.24. The highest BCUT2D eigenvalue weighted by Gasteiger charge is 2.05. The lowest BCUT2D eigenvalue weighted by Crippen LogP contribution is -1.73. The summed E-state index contributed by atoms with van der Waals surface area (Å²) >= 11 is 1.29. The molecule has 0 bridgehead atoms. The molecule has 1 aromatic heterocycles. The van der Waals surface area contributed by atoms with Crippen LogP contribution in [-0.2, 0) is 0 Å². The lowest BCUT2D eigenvalue weighted by atomic mass is 10.2. The fourth-order valence-corrected chi connectivity index (χ4v) is 1.82. The van der Waals surface area contributed by atoms with Crippen LogP contribution in [0.25, 0.3) is 10.1 Å². The van der Waals surface area contributed by atoms with Gasteiger partial charge in [0, 0.05) is 0 Å². The molecule has 0 unspecified atom stereocenters. The molecule has 0 amide bonds. The highest BCUT2D eigenvalue weighted by Crippen LogP contribution is 2.29. The van der Waals surface area contributed by atoms with E-state index >= 15 is 0 Å². The van der Waals surface area contributed by atoms with Gasteiger partial charge in [-0.05, 0) is 29.0 Å². The third kappa shape index (κ3) is 0.886. The molecule has 1 N–H and O–H groups in total. The number of phenols is 1. The van der Waals surface area contributed by atoms with Gasteiger partial charge in [0.25, 0.3) is 0 Å². The highest BCUT2D eigenvalue weighted by molar-refractivity contribution is 7.17. The van der Waals surface area contributed by atoms with E-state index in [1.807, 2.05) is 6.07 Å². The fraction of sp³-hybridized carbons (Fsp3) is 0. The second-order valence-corrected chi connectivity index (χ2v) is 3.15. The molecule has 56 valence electrons. The third-order valence-electron chi connectivity index (χ3n) is 1.54. The molecule has 0 aliphatic heterocycles. The Morgan fingerprint density at radius 1 is 1.27 bits per heavy atom. The molecule has 1 aromatic carbocycles. The number of halogens is 1. The van der Waals surface area contributed by atoms with Gasteiger partial charge in [-0.2, -0.15) is 0 Å². The average molecular weight is 168 g/mol. The number of hydrogen-bond acceptors (Lipinski definition) is 2. The molecule has 0 atom stereocenters. The Morgan fingerprint density at radius 2 is 2.09 bits per heavy atom. The second kappa shape index (κ2) is 2.20. The van der Waals surface area contributed by atoms with E-state index in [2.05, 4.69) is 0 Å². The van der Waals surface area contributed by atoms with Crippen molar-refractivity contribution in [3.8, 4) is 5.75 Å². The Kier molecular flexibility index (Phi) is 1.32. The number of thiophene rings is 1. The molecule has 0 saturated heterocycles. The Hall–Kier alpha value is -1.09. The Bertz CT molecular complexity index is 394. The zero-order valence-electron chi connectivity index (χ0n) is 5.54. The zero-order chi connectivity index (χ0) is 7.84. The molecule has 0 radical (unpaired) electrons. The van der Waals surface area contributed by atoms with Crippen molar-refractivity contribution in [3.63, 3.8) is 0 Å². The fourth-order valence-electron chi connectivity index (χ4n) is 0.987. The first-order chi connectivity index (χ1) is 5.29. The Balaban J connectivity index is 2.93. The predicted octanol–water partition coefficient (Wildman–Crippen LogP) is 2.75. The minimum Gasteiger partial charge on any atom is -0.505 e. The van der Waals surface area contributed by atoms with E-state index in [1.165, 1.54) is 17.4 Å². The molecule has 1 heterocycles. The summed E-state index contributed by atoms with van der Waals surface area (Å²) in [5.41, 5.74) is 0. The van der Waals surface area contributed by atoms with E-state index < -0.39 is 5.82 Å². The third-order valence-corrected chi connectivity index (χ3v) is 2.46. The molecule has 0 aliphatic rings. The Morgan fingerprint density at radius 3 is 2.91 bits per heavy atom. The van der Waals surface area contributed by atoms with Gasteiger partial charge in [-0.1, -0.05) is 0 Å². The molecule has 0 spiro atoms. The molecule has 0 saturated carbocycles. The van der Waals surface area contributed by atoms with Crippen LogP contribution in [0.2, 0.25) is 0 Å². The van der Waals surface area contributed by atoms with Crippen molar-refractivity contribution in [3.05, 3.63) is 29.4 Å². The van der Waals surface area contributed by atoms with Crippen LogP contribution in [0, 0.1) is 5.82 Å². The largest absolute Gasteiger partial charge is 0.505 e. The van der Waals surface area contributed by atoms with Crippen LogP contribution >= 0.6 is 11.3 Å². The lowest BCUT2D eigenvalue weighted by molar-refractivity contribution is 0.436. The number of benzene rings is 1. The SMILES string of the molecule is Oc1ccc2ccsc2c1F. The number of phenolic OH excluding ortho intramolecular Hbond substituents is 1. The molecular weight excluding hydrogens is 163 g/mol. The molecule has 1 nitrogen and oxygen atoms in total. The first kappa shape index (κ1) is 6.61. The van der Waals surface area contributed by atoms with Crippen molar-refractivity contribution >= 4 is 21.4 Å². The maximum absolute atomic E-state index is 13.0. The minimum atomic E-state index is -0.516. The summed E-state index contributed by atoms with van der Waals surface area (Å²) < 4.78 is 13.5. The maximum atomic E-state index is 13.0. The molecule has 0 fully saturated rings. The van der Waals surface area contributed by atoms with Gasteiger partial charge < -0.3 is 5.11 Å². The number of hydrogen-bond donors (Lipinski definition) is 1. The van der Waals surface area contributed by atoms with E-state index in [-0.39, 0.29) is 5.75 Å². The number of rotatable bonds is 0. The molecule has 2 aromatic rings. The van der Waals surface area contributed by atoms with Gasteiger partial charge in [0.2, 0.25) is 0 Å². The van der Waals surface area contributed by atoms with E-state index in [0.717, 1.165) is 5.39 Å². The molecule has 3 heteroatoms. The van der Waals surface area contributed by atoms with Gasteiger partial charge in [0.15, 0.2) is 11.6 Å². The summed E-state index contributed by atoms with van der Waals surface area (Å²) in [6, 6.07) is 4.89. The van der Waals surface area contributed by atoms with Crippen LogP contribution in [0.5, 0.6) is 5.75 Å². The van der Waals surface area contributed by atoms with Crippen LogP contribution in [0.15, 0.2) is 23.6 Å². The predicted molar refractivity (Wildman–Crippen MR) is 43.4 cm³/mol. The van der Waals surface area contributed by atoms with Crippen molar-refractivity contribution in [2.24, 2.45) is 0 Å². The van der Waals surface area contributed by atoms with E-state index in [0.29, 0.717) is 4.70 Å². The molecule has 0 aliphatic carbocycles. The maximum Gasteiger partial charge on any atom is 0.182 e. The first-order valence-electron chi connectivity index (χ1n) is 3.14. The first-order valence-corrected chi connectivity index (χ1v) is 4.01. The zero-order valence-corrected chi connectivity index (χ0v) is 6.36. The smallest absolute Gasteiger partial charge is 0.182 e. The monoisotopic (exact) mass is 168 g/mol. The quantitative estimate of drug-likeness (QED) is 0.641. The molecular formula is C8H5FOS.